The van der Waals surface area contributed by atoms with Crippen molar-refractivity contribution in [3.63, 3.8) is 0 Å². The van der Waals surface area contributed by atoms with Crippen LogP contribution >= 0.6 is 23.1 Å². The van der Waals surface area contributed by atoms with Crippen LogP contribution in [-0.4, -0.2) is 62.2 Å². The summed E-state index contributed by atoms with van der Waals surface area (Å²) in [6, 6.07) is -0.218. The molecule has 1 aliphatic rings. The fraction of sp³-hybridized carbons (Fsp3) is 0.450. The Morgan fingerprint density at radius 3 is 2.90 bits per heavy atom. The summed E-state index contributed by atoms with van der Waals surface area (Å²) in [5, 5.41) is 20.8. The molecule has 1 unspecified atom stereocenters. The molecule has 2 N–H and O–H groups in total. The first-order valence-corrected chi connectivity index (χ1v) is 11.1. The lowest BCUT2D eigenvalue weighted by Crippen LogP contribution is -2.36. The zero-order chi connectivity index (χ0) is 21.4. The van der Waals surface area contributed by atoms with Gasteiger partial charge in [0.2, 0.25) is 0 Å². The molecule has 1 fully saturated rings. The van der Waals surface area contributed by atoms with Crippen molar-refractivity contribution in [3.8, 4) is 0 Å². The molecule has 0 bridgehead atoms. The SMILES string of the molecule is C/C=C/C=C/C(C)(O)C/C=C/[C@H]1[C@H](C)OC(=O)N1CCSc1nc(C(=O)O)cs1. The van der Waals surface area contributed by atoms with Crippen molar-refractivity contribution in [2.75, 3.05) is 12.3 Å². The molecular formula is C20H26N2O5S2. The van der Waals surface area contributed by atoms with Crippen molar-refractivity contribution in [2.24, 2.45) is 0 Å². The highest BCUT2D eigenvalue weighted by Crippen LogP contribution is 2.26. The van der Waals surface area contributed by atoms with E-state index >= 15 is 0 Å². The highest BCUT2D eigenvalue weighted by Gasteiger charge is 2.37. The van der Waals surface area contributed by atoms with Crippen LogP contribution in [0.5, 0.6) is 0 Å². The normalized spacial score (nSPS) is 22.1. The van der Waals surface area contributed by atoms with Gasteiger partial charge in [0.25, 0.3) is 0 Å². The second kappa shape index (κ2) is 10.6. The predicted molar refractivity (Wildman–Crippen MR) is 115 cm³/mol. The summed E-state index contributed by atoms with van der Waals surface area (Å²) >= 11 is 2.68. The number of amides is 1. The second-order valence-corrected chi connectivity index (χ2v) is 9.00. The van der Waals surface area contributed by atoms with Crippen LogP contribution in [0.3, 0.4) is 0 Å². The van der Waals surface area contributed by atoms with Crippen LogP contribution in [0.1, 0.15) is 37.7 Å². The van der Waals surface area contributed by atoms with E-state index in [9.17, 15) is 14.7 Å². The van der Waals surface area contributed by atoms with E-state index in [0.717, 1.165) is 0 Å². The number of cyclic esters (lactones) is 1. The van der Waals surface area contributed by atoms with E-state index in [1.807, 2.05) is 38.2 Å². The van der Waals surface area contributed by atoms with Gasteiger partial charge in [0.15, 0.2) is 10.0 Å². The maximum atomic E-state index is 12.2. The standard InChI is InChI=1S/C20H26N2O5S2/c1-4-5-6-9-20(3,26)10-7-8-16-14(2)27-19(25)22(16)11-12-28-18-21-15(13-29-18)17(23)24/h4-9,13-14,16,26H,10-12H2,1-3H3,(H,23,24)/b5-4+,8-7+,9-6+/t14-,16-,20?/m0/s1. The molecule has 0 saturated carbocycles. The van der Waals surface area contributed by atoms with Gasteiger partial charge in [-0.25, -0.2) is 14.6 Å². The molecule has 1 aliphatic heterocycles. The summed E-state index contributed by atoms with van der Waals surface area (Å²) in [5.41, 5.74) is -0.946. The lowest BCUT2D eigenvalue weighted by Gasteiger charge is -2.21. The van der Waals surface area contributed by atoms with Gasteiger partial charge in [0.05, 0.1) is 11.6 Å². The molecule has 3 atom stereocenters. The van der Waals surface area contributed by atoms with Crippen molar-refractivity contribution in [3.05, 3.63) is 47.5 Å². The summed E-state index contributed by atoms with van der Waals surface area (Å²) < 4.78 is 5.99. The van der Waals surface area contributed by atoms with Crippen molar-refractivity contribution in [2.45, 2.75) is 49.3 Å². The minimum Gasteiger partial charge on any atom is -0.476 e. The minimum atomic E-state index is -1.05. The number of carbonyl (C=O) groups excluding carboxylic acids is 1. The van der Waals surface area contributed by atoms with Gasteiger partial charge in [0.1, 0.15) is 6.10 Å². The zero-order valence-corrected chi connectivity index (χ0v) is 18.3. The van der Waals surface area contributed by atoms with Gasteiger partial charge in [-0.3, -0.25) is 4.90 Å². The lowest BCUT2D eigenvalue weighted by molar-refractivity contribution is 0.0690. The molecule has 1 aromatic heterocycles. The van der Waals surface area contributed by atoms with E-state index in [0.29, 0.717) is 23.1 Å². The van der Waals surface area contributed by atoms with E-state index in [-0.39, 0.29) is 23.9 Å². The Morgan fingerprint density at radius 2 is 2.24 bits per heavy atom. The number of hydrogen-bond acceptors (Lipinski definition) is 7. The molecule has 1 aromatic rings. The number of allylic oxidation sites excluding steroid dienone is 3. The topological polar surface area (TPSA) is 100.0 Å². The van der Waals surface area contributed by atoms with E-state index in [1.165, 1.54) is 28.5 Å². The number of aromatic nitrogens is 1. The summed E-state index contributed by atoms with van der Waals surface area (Å²) in [6.45, 7) is 5.92. The van der Waals surface area contributed by atoms with Gasteiger partial charge in [-0.15, -0.1) is 11.3 Å². The maximum Gasteiger partial charge on any atom is 0.410 e. The van der Waals surface area contributed by atoms with Gasteiger partial charge < -0.3 is 14.9 Å². The number of nitrogens with zero attached hydrogens (tertiary/aromatic N) is 2. The van der Waals surface area contributed by atoms with Crippen molar-refractivity contribution >= 4 is 35.2 Å². The highest BCUT2D eigenvalue weighted by molar-refractivity contribution is 8.01. The van der Waals surface area contributed by atoms with Crippen LogP contribution in [-0.2, 0) is 4.74 Å². The Labute approximate surface area is 178 Å². The summed E-state index contributed by atoms with van der Waals surface area (Å²) in [4.78, 5) is 28.7. The Bertz CT molecular complexity index is 801. The highest BCUT2D eigenvalue weighted by atomic mass is 32.2. The minimum absolute atomic E-state index is 0.0306. The second-order valence-electron chi connectivity index (χ2n) is 6.80. The van der Waals surface area contributed by atoms with Crippen LogP contribution in [0, 0.1) is 0 Å². The van der Waals surface area contributed by atoms with Gasteiger partial charge in [-0.05, 0) is 27.2 Å². The third kappa shape index (κ3) is 7.02. The fourth-order valence-corrected chi connectivity index (χ4v) is 4.52. The van der Waals surface area contributed by atoms with Gasteiger partial charge in [-0.2, -0.15) is 0 Å². The molecule has 0 aliphatic carbocycles. The number of ether oxygens (including phenoxy) is 1. The van der Waals surface area contributed by atoms with E-state index < -0.39 is 11.6 Å². The van der Waals surface area contributed by atoms with Crippen LogP contribution in [0.25, 0.3) is 0 Å². The molecule has 0 radical (unpaired) electrons. The Morgan fingerprint density at radius 1 is 1.48 bits per heavy atom. The fourth-order valence-electron chi connectivity index (χ4n) is 2.71. The molecule has 7 nitrogen and oxygen atoms in total. The zero-order valence-electron chi connectivity index (χ0n) is 16.6. The van der Waals surface area contributed by atoms with Crippen molar-refractivity contribution < 1.29 is 24.5 Å². The number of carboxylic acids is 1. The van der Waals surface area contributed by atoms with Gasteiger partial charge in [-0.1, -0.05) is 48.2 Å². The van der Waals surface area contributed by atoms with Crippen molar-refractivity contribution in [1.82, 2.24) is 9.88 Å². The predicted octanol–water partition coefficient (Wildman–Crippen LogP) is 3.97. The number of thioether (sulfide) groups is 1. The smallest absolute Gasteiger partial charge is 0.410 e. The molecule has 1 saturated heterocycles. The monoisotopic (exact) mass is 438 g/mol. The maximum absolute atomic E-state index is 12.2. The first-order valence-electron chi connectivity index (χ1n) is 9.22. The average molecular weight is 439 g/mol. The number of carboxylic acid groups (broad SMARTS) is 1. The number of carbonyl (C=O) groups is 2. The molecule has 158 valence electrons. The Hall–Kier alpha value is -2.10. The Balaban J connectivity index is 1.92. The molecule has 0 aromatic carbocycles. The number of rotatable bonds is 10. The lowest BCUT2D eigenvalue weighted by atomic mass is 10.0. The largest absolute Gasteiger partial charge is 0.476 e. The average Bonchev–Trinajstić information content (AvgIpc) is 3.21. The number of thiazole rings is 1. The molecule has 2 heterocycles. The first-order chi connectivity index (χ1) is 13.7. The van der Waals surface area contributed by atoms with Gasteiger partial charge >= 0.3 is 12.1 Å². The molecular weight excluding hydrogens is 412 g/mol. The first kappa shape index (κ1) is 23.2. The van der Waals surface area contributed by atoms with E-state index in [1.54, 1.807) is 24.0 Å². The van der Waals surface area contributed by atoms with Crippen LogP contribution in [0.4, 0.5) is 4.79 Å². The third-order valence-electron chi connectivity index (χ3n) is 4.25. The summed E-state index contributed by atoms with van der Waals surface area (Å²) in [7, 11) is 0. The number of aromatic carboxylic acids is 1. The molecule has 9 heteroatoms. The van der Waals surface area contributed by atoms with Crippen LogP contribution < -0.4 is 0 Å². The summed E-state index contributed by atoms with van der Waals surface area (Å²) in [5.74, 6) is -0.477. The summed E-state index contributed by atoms with van der Waals surface area (Å²) in [6.07, 6.45) is 10.8. The molecule has 0 spiro atoms. The number of hydrogen-bond donors (Lipinski definition) is 2. The van der Waals surface area contributed by atoms with Crippen LogP contribution in [0.2, 0.25) is 0 Å². The molecule has 29 heavy (non-hydrogen) atoms. The van der Waals surface area contributed by atoms with Crippen molar-refractivity contribution in [1.29, 1.82) is 0 Å². The third-order valence-corrected chi connectivity index (χ3v) is 6.25. The van der Waals surface area contributed by atoms with Gasteiger partial charge in [0, 0.05) is 17.7 Å². The number of aliphatic hydroxyl groups is 1. The Kier molecular flexibility index (Phi) is 8.48. The molecule has 2 rings (SSSR count). The molecule has 1 amide bonds. The van der Waals surface area contributed by atoms with E-state index in [4.69, 9.17) is 9.84 Å². The van der Waals surface area contributed by atoms with E-state index in [2.05, 4.69) is 4.98 Å². The van der Waals surface area contributed by atoms with Crippen LogP contribution in [0.15, 0.2) is 46.2 Å². The quantitative estimate of drug-likeness (QED) is 0.324.